The molecule has 0 spiro atoms. The van der Waals surface area contributed by atoms with Crippen molar-refractivity contribution in [2.24, 2.45) is 0 Å². The fourth-order valence-corrected chi connectivity index (χ4v) is 3.05. The predicted octanol–water partition coefficient (Wildman–Crippen LogP) is 2.53. The summed E-state index contributed by atoms with van der Waals surface area (Å²) in [5, 5.41) is 0. The number of rotatable bonds is 3. The molecule has 2 rings (SSSR count). The second-order valence-corrected chi connectivity index (χ2v) is 6.57. The SMILES string of the molecule is Cc1cc(C)nc(NS(=O)(=O)c2cc(N)c(C)cc2F)c1. The number of nitrogens with zero attached hydrogens (tertiary/aromatic N) is 1. The number of nitrogens with one attached hydrogen (secondary N) is 1. The Labute approximate surface area is 123 Å². The number of benzene rings is 1. The molecule has 0 amide bonds. The largest absolute Gasteiger partial charge is 0.398 e. The molecule has 0 unspecified atom stereocenters. The number of nitrogen functional groups attached to an aromatic ring is 1. The van der Waals surface area contributed by atoms with E-state index in [0.29, 0.717) is 11.3 Å². The van der Waals surface area contributed by atoms with Crippen molar-refractivity contribution in [3.8, 4) is 0 Å². The summed E-state index contributed by atoms with van der Waals surface area (Å²) in [7, 11) is -4.08. The summed E-state index contributed by atoms with van der Waals surface area (Å²) in [6.07, 6.45) is 0. The lowest BCUT2D eigenvalue weighted by Crippen LogP contribution is -2.16. The van der Waals surface area contributed by atoms with Gasteiger partial charge in [-0.05, 0) is 56.2 Å². The van der Waals surface area contributed by atoms with Crippen molar-refractivity contribution in [2.75, 3.05) is 10.5 Å². The summed E-state index contributed by atoms with van der Waals surface area (Å²) in [5.74, 6) is -0.704. The summed E-state index contributed by atoms with van der Waals surface area (Å²) in [5.41, 5.74) is 7.86. The molecular formula is C14H16FN3O2S. The van der Waals surface area contributed by atoms with Crippen LogP contribution >= 0.6 is 0 Å². The number of pyridine rings is 1. The number of halogens is 1. The summed E-state index contributed by atoms with van der Waals surface area (Å²) in [4.78, 5) is 3.58. The van der Waals surface area contributed by atoms with E-state index in [1.165, 1.54) is 0 Å². The minimum atomic E-state index is -4.08. The van der Waals surface area contributed by atoms with Gasteiger partial charge in [-0.2, -0.15) is 0 Å². The number of hydrogen-bond donors (Lipinski definition) is 2. The van der Waals surface area contributed by atoms with Gasteiger partial charge in [-0.1, -0.05) is 0 Å². The zero-order valence-corrected chi connectivity index (χ0v) is 12.8. The second kappa shape index (κ2) is 5.33. The Morgan fingerprint density at radius 2 is 1.81 bits per heavy atom. The topological polar surface area (TPSA) is 85.1 Å². The number of anilines is 2. The van der Waals surface area contributed by atoms with Crippen LogP contribution in [0.1, 0.15) is 16.8 Å². The van der Waals surface area contributed by atoms with Crippen molar-refractivity contribution in [1.29, 1.82) is 0 Å². The third-order valence-electron chi connectivity index (χ3n) is 2.95. The average Bonchev–Trinajstić information content (AvgIpc) is 2.31. The van der Waals surface area contributed by atoms with E-state index in [0.717, 1.165) is 17.7 Å². The van der Waals surface area contributed by atoms with Crippen LogP contribution < -0.4 is 10.5 Å². The van der Waals surface area contributed by atoms with Crippen molar-refractivity contribution >= 4 is 21.5 Å². The lowest BCUT2D eigenvalue weighted by Gasteiger charge is -2.11. The highest BCUT2D eigenvalue weighted by Gasteiger charge is 2.21. The van der Waals surface area contributed by atoms with Crippen molar-refractivity contribution in [3.05, 3.63) is 46.9 Å². The molecule has 1 aromatic heterocycles. The standard InChI is InChI=1S/C14H16FN3O2S/c1-8-4-10(3)17-14(5-8)18-21(19,20)13-7-12(16)9(2)6-11(13)15/h4-7H,16H2,1-3H3,(H,17,18). The Balaban J connectivity index is 2.45. The van der Waals surface area contributed by atoms with E-state index in [1.54, 1.807) is 19.9 Å². The molecule has 5 nitrogen and oxygen atoms in total. The first-order valence-electron chi connectivity index (χ1n) is 6.23. The summed E-state index contributed by atoms with van der Waals surface area (Å²) >= 11 is 0. The molecule has 0 aliphatic carbocycles. The normalized spacial score (nSPS) is 11.4. The molecule has 0 atom stereocenters. The minimum Gasteiger partial charge on any atom is -0.398 e. The maximum absolute atomic E-state index is 13.9. The third kappa shape index (κ3) is 3.30. The first-order chi connectivity index (χ1) is 9.69. The van der Waals surface area contributed by atoms with Gasteiger partial charge in [-0.15, -0.1) is 0 Å². The molecule has 7 heteroatoms. The van der Waals surface area contributed by atoms with Crippen molar-refractivity contribution in [3.63, 3.8) is 0 Å². The lowest BCUT2D eigenvalue weighted by molar-refractivity contribution is 0.570. The lowest BCUT2D eigenvalue weighted by atomic mass is 10.2. The van der Waals surface area contributed by atoms with Crippen LogP contribution in [0.5, 0.6) is 0 Å². The van der Waals surface area contributed by atoms with Crippen molar-refractivity contribution in [1.82, 2.24) is 4.98 Å². The summed E-state index contributed by atoms with van der Waals surface area (Å²) in [6.45, 7) is 5.17. The van der Waals surface area contributed by atoms with Crippen molar-refractivity contribution in [2.45, 2.75) is 25.7 Å². The molecule has 1 heterocycles. The van der Waals surface area contributed by atoms with Crippen molar-refractivity contribution < 1.29 is 12.8 Å². The quantitative estimate of drug-likeness (QED) is 0.853. The number of nitrogens with two attached hydrogens (primary N) is 1. The highest BCUT2D eigenvalue weighted by Crippen LogP contribution is 2.23. The highest BCUT2D eigenvalue weighted by atomic mass is 32.2. The molecule has 0 aliphatic rings. The Hall–Kier alpha value is -2.15. The van der Waals surface area contributed by atoms with Crippen LogP contribution in [0.3, 0.4) is 0 Å². The van der Waals surface area contributed by atoms with Gasteiger partial charge in [0.2, 0.25) is 0 Å². The molecule has 0 radical (unpaired) electrons. The van der Waals surface area contributed by atoms with E-state index in [4.69, 9.17) is 5.73 Å². The monoisotopic (exact) mass is 309 g/mol. The maximum atomic E-state index is 13.9. The van der Waals surface area contributed by atoms with Crippen LogP contribution in [0.25, 0.3) is 0 Å². The minimum absolute atomic E-state index is 0.144. The van der Waals surface area contributed by atoms with E-state index in [-0.39, 0.29) is 11.5 Å². The van der Waals surface area contributed by atoms with Crippen LogP contribution in [0.15, 0.2) is 29.2 Å². The molecule has 0 bridgehead atoms. The molecule has 0 saturated carbocycles. The molecule has 0 saturated heterocycles. The molecule has 112 valence electrons. The molecular weight excluding hydrogens is 293 g/mol. The highest BCUT2D eigenvalue weighted by molar-refractivity contribution is 7.92. The first kappa shape index (κ1) is 15.2. The van der Waals surface area contributed by atoms with Crippen LogP contribution in [0, 0.1) is 26.6 Å². The van der Waals surface area contributed by atoms with Crippen LogP contribution in [-0.2, 0) is 10.0 Å². The first-order valence-corrected chi connectivity index (χ1v) is 7.71. The Morgan fingerprint density at radius 3 is 2.43 bits per heavy atom. The second-order valence-electron chi connectivity index (χ2n) is 4.92. The van der Waals surface area contributed by atoms with Gasteiger partial charge >= 0.3 is 0 Å². The van der Waals surface area contributed by atoms with Gasteiger partial charge in [-0.25, -0.2) is 17.8 Å². The Morgan fingerprint density at radius 1 is 1.14 bits per heavy atom. The summed E-state index contributed by atoms with van der Waals surface area (Å²) < 4.78 is 40.7. The number of aryl methyl sites for hydroxylation is 3. The Bertz CT molecular complexity index is 784. The molecule has 3 N–H and O–H groups in total. The van der Waals surface area contributed by atoms with E-state index in [2.05, 4.69) is 9.71 Å². The smallest absolute Gasteiger partial charge is 0.266 e. The molecule has 21 heavy (non-hydrogen) atoms. The Kier molecular flexibility index (Phi) is 3.87. The molecule has 2 aromatic rings. The summed E-state index contributed by atoms with van der Waals surface area (Å²) in [6, 6.07) is 5.58. The van der Waals surface area contributed by atoms with E-state index in [1.807, 2.05) is 13.0 Å². The molecule has 0 fully saturated rings. The third-order valence-corrected chi connectivity index (χ3v) is 4.32. The van der Waals surface area contributed by atoms with E-state index in [9.17, 15) is 12.8 Å². The van der Waals surface area contributed by atoms with Gasteiger partial charge in [0.05, 0.1) is 0 Å². The van der Waals surface area contributed by atoms with Gasteiger partial charge < -0.3 is 5.73 Å². The van der Waals surface area contributed by atoms with E-state index >= 15 is 0 Å². The van der Waals surface area contributed by atoms with E-state index < -0.39 is 20.7 Å². The van der Waals surface area contributed by atoms with Gasteiger partial charge in [-0.3, -0.25) is 4.72 Å². The maximum Gasteiger partial charge on any atom is 0.266 e. The van der Waals surface area contributed by atoms with Crippen LogP contribution in [-0.4, -0.2) is 13.4 Å². The van der Waals surface area contributed by atoms with Gasteiger partial charge in [0.25, 0.3) is 10.0 Å². The average molecular weight is 309 g/mol. The number of sulfonamides is 1. The zero-order chi connectivity index (χ0) is 15.8. The van der Waals surface area contributed by atoms with Gasteiger partial charge in [0.15, 0.2) is 0 Å². The molecule has 0 aliphatic heterocycles. The van der Waals surface area contributed by atoms with Gasteiger partial charge in [0.1, 0.15) is 16.5 Å². The number of aromatic nitrogens is 1. The van der Waals surface area contributed by atoms with Crippen LogP contribution in [0.4, 0.5) is 15.9 Å². The predicted molar refractivity (Wildman–Crippen MR) is 80.1 cm³/mol. The molecule has 1 aromatic carbocycles. The number of hydrogen-bond acceptors (Lipinski definition) is 4. The zero-order valence-electron chi connectivity index (χ0n) is 11.9. The fourth-order valence-electron chi connectivity index (χ4n) is 1.96. The fraction of sp³-hybridized carbons (Fsp3) is 0.214. The van der Waals surface area contributed by atoms with Crippen LogP contribution in [0.2, 0.25) is 0 Å². The van der Waals surface area contributed by atoms with Gasteiger partial charge in [0, 0.05) is 11.4 Å².